The first-order valence-electron chi connectivity index (χ1n) is 8.85. The molecule has 0 atom stereocenters. The molecule has 2 aromatic carbocycles. The highest BCUT2D eigenvalue weighted by atomic mass is 32.2. The maximum atomic E-state index is 13.1. The first-order chi connectivity index (χ1) is 14.3. The van der Waals surface area contributed by atoms with E-state index in [1.807, 2.05) is 30.3 Å². The number of terminal acetylenes is 1. The lowest BCUT2D eigenvalue weighted by Crippen LogP contribution is -2.29. The monoisotopic (exact) mass is 430 g/mol. The highest BCUT2D eigenvalue weighted by Gasteiger charge is 2.26. The number of nitrogens with one attached hydrogen (secondary N) is 1. The molecular formula is C21H22N2O6S. The molecule has 0 aromatic heterocycles. The van der Waals surface area contributed by atoms with Crippen LogP contribution in [0.2, 0.25) is 0 Å². The predicted molar refractivity (Wildman–Crippen MR) is 110 cm³/mol. The fraction of sp³-hybridized carbons (Fsp3) is 0.238. The highest BCUT2D eigenvalue weighted by Crippen LogP contribution is 2.28. The Morgan fingerprint density at radius 2 is 1.87 bits per heavy atom. The van der Waals surface area contributed by atoms with Crippen molar-refractivity contribution in [3.8, 4) is 18.1 Å². The average Bonchev–Trinajstić information content (AvgIpc) is 2.76. The second-order valence-electron chi connectivity index (χ2n) is 6.17. The van der Waals surface area contributed by atoms with Gasteiger partial charge in [-0.1, -0.05) is 36.3 Å². The Morgan fingerprint density at radius 3 is 2.50 bits per heavy atom. The Bertz CT molecular complexity index is 1040. The van der Waals surface area contributed by atoms with E-state index in [-0.39, 0.29) is 29.3 Å². The third kappa shape index (κ3) is 5.83. The molecular weight excluding hydrogens is 408 g/mol. The molecule has 0 heterocycles. The van der Waals surface area contributed by atoms with Gasteiger partial charge in [-0.2, -0.15) is 4.31 Å². The maximum Gasteiger partial charge on any atom is 0.338 e. The number of hydrogen-bond acceptors (Lipinski definition) is 6. The van der Waals surface area contributed by atoms with Gasteiger partial charge in [0, 0.05) is 13.6 Å². The summed E-state index contributed by atoms with van der Waals surface area (Å²) in [5.41, 5.74) is 0.767. The molecule has 0 fully saturated rings. The second kappa shape index (κ2) is 10.4. The summed E-state index contributed by atoms with van der Waals surface area (Å²) < 4.78 is 37.4. The lowest BCUT2D eigenvalue weighted by molar-refractivity contribution is -0.123. The minimum absolute atomic E-state index is 0.00899. The quantitative estimate of drug-likeness (QED) is 0.477. The van der Waals surface area contributed by atoms with Crippen LogP contribution in [0.3, 0.4) is 0 Å². The molecule has 2 aromatic rings. The third-order valence-corrected chi connectivity index (χ3v) is 5.88. The number of nitrogens with zero attached hydrogens (tertiary/aromatic N) is 1. The Balaban J connectivity index is 2.23. The Morgan fingerprint density at radius 1 is 1.17 bits per heavy atom. The Hall–Kier alpha value is -3.35. The highest BCUT2D eigenvalue weighted by molar-refractivity contribution is 7.89. The van der Waals surface area contributed by atoms with Gasteiger partial charge < -0.3 is 14.8 Å². The van der Waals surface area contributed by atoms with E-state index in [0.29, 0.717) is 0 Å². The third-order valence-electron chi connectivity index (χ3n) is 4.06. The molecule has 0 spiro atoms. The normalized spacial score (nSPS) is 10.9. The van der Waals surface area contributed by atoms with E-state index in [2.05, 4.69) is 11.2 Å². The molecule has 0 aliphatic carbocycles. The van der Waals surface area contributed by atoms with Crippen molar-refractivity contribution in [2.24, 2.45) is 0 Å². The van der Waals surface area contributed by atoms with Gasteiger partial charge in [0.1, 0.15) is 10.6 Å². The smallest absolute Gasteiger partial charge is 0.338 e. The average molecular weight is 430 g/mol. The minimum atomic E-state index is -3.98. The molecule has 0 saturated carbocycles. The largest absolute Gasteiger partial charge is 0.495 e. The molecule has 0 aliphatic heterocycles. The summed E-state index contributed by atoms with van der Waals surface area (Å²) in [6, 6.07) is 13.0. The summed E-state index contributed by atoms with van der Waals surface area (Å²) in [6.45, 7) is -0.395. The van der Waals surface area contributed by atoms with Crippen molar-refractivity contribution in [1.82, 2.24) is 9.62 Å². The van der Waals surface area contributed by atoms with Crippen LogP contribution in [0.4, 0.5) is 0 Å². The van der Waals surface area contributed by atoms with E-state index < -0.39 is 28.5 Å². The van der Waals surface area contributed by atoms with Crippen LogP contribution in [0.25, 0.3) is 0 Å². The van der Waals surface area contributed by atoms with Gasteiger partial charge in [-0.25, -0.2) is 13.2 Å². The number of carbonyl (C=O) groups excluding carboxylic acids is 2. The Kier molecular flexibility index (Phi) is 7.98. The fourth-order valence-electron chi connectivity index (χ4n) is 2.51. The zero-order chi connectivity index (χ0) is 22.1. The molecule has 30 heavy (non-hydrogen) atoms. The predicted octanol–water partition coefficient (Wildman–Crippen LogP) is 1.42. The van der Waals surface area contributed by atoms with Gasteiger partial charge in [0.2, 0.25) is 10.0 Å². The number of carbonyl (C=O) groups is 2. The summed E-state index contributed by atoms with van der Waals surface area (Å²) >= 11 is 0. The van der Waals surface area contributed by atoms with Crippen LogP contribution in [0.5, 0.6) is 5.75 Å². The SMILES string of the molecule is C#CCNC(=O)COC(=O)c1ccc(OC)c(S(=O)(=O)N(C)Cc2ccccc2)c1. The molecule has 0 radical (unpaired) electrons. The van der Waals surface area contributed by atoms with Crippen molar-refractivity contribution in [3.63, 3.8) is 0 Å². The topological polar surface area (TPSA) is 102 Å². The molecule has 1 amide bonds. The first-order valence-corrected chi connectivity index (χ1v) is 10.3. The molecule has 2 rings (SSSR count). The van der Waals surface area contributed by atoms with Crippen LogP contribution in [0.15, 0.2) is 53.4 Å². The van der Waals surface area contributed by atoms with Crippen molar-refractivity contribution >= 4 is 21.9 Å². The molecule has 0 bridgehead atoms. The number of ether oxygens (including phenoxy) is 2. The number of amides is 1. The molecule has 8 nitrogen and oxygen atoms in total. The lowest BCUT2D eigenvalue weighted by Gasteiger charge is -2.19. The van der Waals surface area contributed by atoms with Crippen LogP contribution in [0.1, 0.15) is 15.9 Å². The van der Waals surface area contributed by atoms with Crippen molar-refractivity contribution < 1.29 is 27.5 Å². The van der Waals surface area contributed by atoms with Crippen molar-refractivity contribution in [2.45, 2.75) is 11.4 Å². The molecule has 0 saturated heterocycles. The Labute approximate surface area is 175 Å². The molecule has 0 aliphatic rings. The molecule has 9 heteroatoms. The van der Waals surface area contributed by atoms with Crippen LogP contribution >= 0.6 is 0 Å². The van der Waals surface area contributed by atoms with E-state index in [1.165, 1.54) is 26.3 Å². The van der Waals surface area contributed by atoms with E-state index in [9.17, 15) is 18.0 Å². The zero-order valence-corrected chi connectivity index (χ0v) is 17.4. The standard InChI is InChI=1S/C21H22N2O6S/c1-4-12-22-20(24)15-29-21(25)17-10-11-18(28-3)19(13-17)30(26,27)23(2)14-16-8-6-5-7-9-16/h1,5-11,13H,12,14-15H2,2-3H3,(H,22,24). The first kappa shape index (κ1) is 22.9. The zero-order valence-electron chi connectivity index (χ0n) is 16.6. The van der Waals surface area contributed by atoms with Gasteiger partial charge >= 0.3 is 5.97 Å². The van der Waals surface area contributed by atoms with Crippen LogP contribution in [-0.4, -0.2) is 51.9 Å². The van der Waals surface area contributed by atoms with Gasteiger partial charge in [0.05, 0.1) is 19.2 Å². The fourth-order valence-corrected chi connectivity index (χ4v) is 3.85. The van der Waals surface area contributed by atoms with E-state index in [4.69, 9.17) is 15.9 Å². The van der Waals surface area contributed by atoms with Crippen LogP contribution in [-0.2, 0) is 26.1 Å². The van der Waals surface area contributed by atoms with E-state index in [1.54, 1.807) is 0 Å². The van der Waals surface area contributed by atoms with Crippen LogP contribution < -0.4 is 10.1 Å². The van der Waals surface area contributed by atoms with Crippen molar-refractivity contribution in [3.05, 3.63) is 59.7 Å². The van der Waals surface area contributed by atoms with Gasteiger partial charge in [-0.3, -0.25) is 4.79 Å². The summed E-state index contributed by atoms with van der Waals surface area (Å²) in [5, 5.41) is 2.36. The van der Waals surface area contributed by atoms with Gasteiger partial charge in [-0.05, 0) is 23.8 Å². The van der Waals surface area contributed by atoms with Crippen molar-refractivity contribution in [2.75, 3.05) is 27.3 Å². The number of hydrogen-bond donors (Lipinski definition) is 1. The number of esters is 1. The number of methoxy groups -OCH3 is 1. The van der Waals surface area contributed by atoms with E-state index in [0.717, 1.165) is 15.9 Å². The van der Waals surface area contributed by atoms with Gasteiger partial charge in [0.15, 0.2) is 6.61 Å². The van der Waals surface area contributed by atoms with Gasteiger partial charge in [-0.15, -0.1) is 6.42 Å². The van der Waals surface area contributed by atoms with Crippen LogP contribution in [0, 0.1) is 12.3 Å². The lowest BCUT2D eigenvalue weighted by atomic mass is 10.2. The van der Waals surface area contributed by atoms with Crippen molar-refractivity contribution in [1.29, 1.82) is 0 Å². The maximum absolute atomic E-state index is 13.1. The molecule has 1 N–H and O–H groups in total. The summed E-state index contributed by atoms with van der Waals surface area (Å²) in [4.78, 5) is 23.6. The number of sulfonamides is 1. The summed E-state index contributed by atoms with van der Waals surface area (Å²) in [6.07, 6.45) is 5.04. The van der Waals surface area contributed by atoms with Gasteiger partial charge in [0.25, 0.3) is 5.91 Å². The summed E-state index contributed by atoms with van der Waals surface area (Å²) in [7, 11) is -1.21. The molecule has 158 valence electrons. The minimum Gasteiger partial charge on any atom is -0.495 e. The molecule has 0 unspecified atom stereocenters. The number of benzene rings is 2. The second-order valence-corrected chi connectivity index (χ2v) is 8.18. The number of rotatable bonds is 9. The summed E-state index contributed by atoms with van der Waals surface area (Å²) in [5.74, 6) is 0.891. The van der Waals surface area contributed by atoms with E-state index >= 15 is 0 Å².